The number of esters is 3. The molecule has 1 unspecified atom stereocenters. The molecule has 0 aromatic heterocycles. The van der Waals surface area contributed by atoms with Crippen LogP contribution in [0.5, 0.6) is 0 Å². The summed E-state index contributed by atoms with van der Waals surface area (Å²) in [6, 6.07) is 0. The second-order valence-corrected chi connectivity index (χ2v) is 23.4. The average molecular weight is 1140 g/mol. The van der Waals surface area contributed by atoms with E-state index in [4.69, 9.17) is 14.2 Å². The van der Waals surface area contributed by atoms with Crippen molar-refractivity contribution in [2.24, 2.45) is 0 Å². The number of hydrogen-bond acceptors (Lipinski definition) is 6. The highest BCUT2D eigenvalue weighted by Gasteiger charge is 2.19. The zero-order valence-corrected chi connectivity index (χ0v) is 54.2. The van der Waals surface area contributed by atoms with Gasteiger partial charge in [0, 0.05) is 19.3 Å². The zero-order valence-electron chi connectivity index (χ0n) is 54.2. The average Bonchev–Trinajstić information content (AvgIpc) is 3.48. The molecule has 0 aliphatic rings. The molecule has 0 spiro atoms. The SMILES string of the molecule is CC/C=C\C/C=C\C/C=C\C/C=C\C/C=C\CCCCCCCCCCCCCCCCCCCCCC(=O)OCC(COC(=O)CCCCCCC/C=C\C/C=C\CCCC)OC(=O)CCCCCCC/C=C\CCCCCCCC. The molecular formula is C76H132O6. The van der Waals surface area contributed by atoms with E-state index in [0.29, 0.717) is 19.3 Å². The Balaban J connectivity index is 4.13. The van der Waals surface area contributed by atoms with Crippen molar-refractivity contribution in [1.29, 1.82) is 0 Å². The Labute approximate surface area is 508 Å². The van der Waals surface area contributed by atoms with E-state index in [1.165, 1.54) is 186 Å². The van der Waals surface area contributed by atoms with Gasteiger partial charge in [-0.25, -0.2) is 0 Å². The van der Waals surface area contributed by atoms with Crippen molar-refractivity contribution in [1.82, 2.24) is 0 Å². The second kappa shape index (κ2) is 69.8. The molecule has 0 N–H and O–H groups in total. The van der Waals surface area contributed by atoms with Crippen LogP contribution in [0.4, 0.5) is 0 Å². The third kappa shape index (κ3) is 67.1. The fourth-order valence-corrected chi connectivity index (χ4v) is 10.0. The summed E-state index contributed by atoms with van der Waals surface area (Å²) < 4.78 is 16.9. The molecular weight excluding hydrogens is 1010 g/mol. The fourth-order valence-electron chi connectivity index (χ4n) is 10.0. The normalized spacial score (nSPS) is 12.7. The molecule has 0 radical (unpaired) electrons. The fraction of sp³-hybridized carbons (Fsp3) is 0.750. The summed E-state index contributed by atoms with van der Waals surface area (Å²) in [5.74, 6) is -0.888. The molecule has 0 rings (SSSR count). The van der Waals surface area contributed by atoms with E-state index >= 15 is 0 Å². The van der Waals surface area contributed by atoms with E-state index in [0.717, 1.165) is 122 Å². The first-order valence-corrected chi connectivity index (χ1v) is 35.2. The van der Waals surface area contributed by atoms with Crippen LogP contribution in [-0.4, -0.2) is 37.2 Å². The Morgan fingerprint density at radius 2 is 0.488 bits per heavy atom. The number of rotatable bonds is 64. The quantitative estimate of drug-likeness (QED) is 0.0261. The van der Waals surface area contributed by atoms with Crippen molar-refractivity contribution in [3.63, 3.8) is 0 Å². The van der Waals surface area contributed by atoms with Gasteiger partial charge < -0.3 is 14.2 Å². The minimum atomic E-state index is -0.786. The predicted molar refractivity (Wildman–Crippen MR) is 357 cm³/mol. The summed E-state index contributed by atoms with van der Waals surface area (Å²) in [6.45, 7) is 6.50. The lowest BCUT2D eigenvalue weighted by Crippen LogP contribution is -2.30. The standard InChI is InChI=1S/C76H132O6/c1-4-7-10-13-16-19-22-25-28-29-30-31-32-33-34-35-36-37-38-39-40-41-42-43-44-45-46-47-49-51-54-57-60-63-66-69-75(78)81-72-73(71-80-74(77)68-65-62-59-56-53-50-27-24-21-18-15-12-9-6-3)82-76(79)70-67-64-61-58-55-52-48-26-23-20-17-14-11-8-5-2/h7,10,15-16,18-19,24-28,30-31,33-34,48,73H,4-6,8-9,11-14,17,20-23,29,32,35-47,49-72H2,1-3H3/b10-7-,18-15-,19-16-,27-24-,28-25-,31-30-,34-33-,48-26-. The molecule has 0 aromatic rings. The first-order valence-electron chi connectivity index (χ1n) is 35.2. The summed E-state index contributed by atoms with van der Waals surface area (Å²) >= 11 is 0. The molecule has 0 heterocycles. The van der Waals surface area contributed by atoms with Crippen molar-refractivity contribution >= 4 is 17.9 Å². The van der Waals surface area contributed by atoms with Gasteiger partial charge in [-0.3, -0.25) is 14.4 Å². The highest BCUT2D eigenvalue weighted by Crippen LogP contribution is 2.17. The van der Waals surface area contributed by atoms with E-state index < -0.39 is 6.10 Å². The molecule has 0 aliphatic carbocycles. The van der Waals surface area contributed by atoms with Gasteiger partial charge in [0.1, 0.15) is 13.2 Å². The number of carbonyl (C=O) groups is 3. The van der Waals surface area contributed by atoms with Gasteiger partial charge in [-0.2, -0.15) is 0 Å². The van der Waals surface area contributed by atoms with Crippen LogP contribution in [0.15, 0.2) is 97.2 Å². The number of allylic oxidation sites excluding steroid dienone is 16. The van der Waals surface area contributed by atoms with Crippen molar-refractivity contribution in [3.05, 3.63) is 97.2 Å². The van der Waals surface area contributed by atoms with Crippen LogP contribution in [0.3, 0.4) is 0 Å². The van der Waals surface area contributed by atoms with Gasteiger partial charge in [-0.1, -0.05) is 311 Å². The van der Waals surface area contributed by atoms with Gasteiger partial charge in [-0.15, -0.1) is 0 Å². The van der Waals surface area contributed by atoms with Crippen LogP contribution < -0.4 is 0 Å². The van der Waals surface area contributed by atoms with Gasteiger partial charge in [0.15, 0.2) is 6.10 Å². The van der Waals surface area contributed by atoms with Gasteiger partial charge in [-0.05, 0) is 116 Å². The molecule has 0 fully saturated rings. The van der Waals surface area contributed by atoms with Crippen molar-refractivity contribution in [2.45, 2.75) is 354 Å². The Kier molecular flexibility index (Phi) is 66.7. The van der Waals surface area contributed by atoms with E-state index in [9.17, 15) is 14.4 Å². The maximum atomic E-state index is 12.9. The molecule has 1 atom stereocenters. The molecule has 0 saturated carbocycles. The molecule has 0 aromatic carbocycles. The second-order valence-electron chi connectivity index (χ2n) is 23.4. The lowest BCUT2D eigenvalue weighted by atomic mass is 10.0. The monoisotopic (exact) mass is 1140 g/mol. The molecule has 0 saturated heterocycles. The van der Waals surface area contributed by atoms with Crippen LogP contribution in [-0.2, 0) is 28.6 Å². The number of ether oxygens (including phenoxy) is 3. The number of carbonyl (C=O) groups excluding carboxylic acids is 3. The van der Waals surface area contributed by atoms with Crippen LogP contribution in [0.2, 0.25) is 0 Å². The Bertz CT molecular complexity index is 1590. The van der Waals surface area contributed by atoms with Gasteiger partial charge in [0.05, 0.1) is 0 Å². The van der Waals surface area contributed by atoms with Crippen LogP contribution >= 0.6 is 0 Å². The largest absolute Gasteiger partial charge is 0.462 e. The van der Waals surface area contributed by atoms with Crippen LogP contribution in [0, 0.1) is 0 Å². The zero-order chi connectivity index (χ0) is 59.2. The number of unbranched alkanes of at least 4 members (excludes halogenated alkanes) is 37. The highest BCUT2D eigenvalue weighted by atomic mass is 16.6. The van der Waals surface area contributed by atoms with E-state index in [1.807, 2.05) is 0 Å². The Morgan fingerprint density at radius 1 is 0.256 bits per heavy atom. The maximum absolute atomic E-state index is 12.9. The third-order valence-corrected chi connectivity index (χ3v) is 15.3. The Morgan fingerprint density at radius 3 is 0.793 bits per heavy atom. The summed E-state index contributed by atoms with van der Waals surface area (Å²) in [7, 11) is 0. The first-order chi connectivity index (χ1) is 40.5. The molecule has 472 valence electrons. The molecule has 82 heavy (non-hydrogen) atoms. The molecule has 0 amide bonds. The van der Waals surface area contributed by atoms with E-state index in [1.54, 1.807) is 0 Å². The van der Waals surface area contributed by atoms with Crippen molar-refractivity contribution in [3.8, 4) is 0 Å². The van der Waals surface area contributed by atoms with Gasteiger partial charge in [0.25, 0.3) is 0 Å². The van der Waals surface area contributed by atoms with E-state index in [2.05, 4.69) is 118 Å². The summed E-state index contributed by atoms with van der Waals surface area (Å²) in [5.41, 5.74) is 0. The van der Waals surface area contributed by atoms with Crippen LogP contribution in [0.1, 0.15) is 348 Å². The Hall–Kier alpha value is -3.67. The van der Waals surface area contributed by atoms with Crippen LogP contribution in [0.25, 0.3) is 0 Å². The summed E-state index contributed by atoms with van der Waals surface area (Å²) in [4.78, 5) is 38.3. The third-order valence-electron chi connectivity index (χ3n) is 15.3. The predicted octanol–water partition coefficient (Wildman–Crippen LogP) is 24.4. The first kappa shape index (κ1) is 78.3. The summed E-state index contributed by atoms with van der Waals surface area (Å²) in [6.07, 6.45) is 94.4. The van der Waals surface area contributed by atoms with Crippen molar-refractivity contribution < 1.29 is 28.6 Å². The lowest BCUT2D eigenvalue weighted by Gasteiger charge is -2.18. The molecule has 6 nitrogen and oxygen atoms in total. The number of hydrogen-bond donors (Lipinski definition) is 0. The topological polar surface area (TPSA) is 78.9 Å². The molecule has 6 heteroatoms. The minimum Gasteiger partial charge on any atom is -0.462 e. The lowest BCUT2D eigenvalue weighted by molar-refractivity contribution is -0.167. The smallest absolute Gasteiger partial charge is 0.306 e. The maximum Gasteiger partial charge on any atom is 0.306 e. The highest BCUT2D eigenvalue weighted by molar-refractivity contribution is 5.71. The van der Waals surface area contributed by atoms with Gasteiger partial charge in [0.2, 0.25) is 0 Å². The van der Waals surface area contributed by atoms with Crippen molar-refractivity contribution in [2.75, 3.05) is 13.2 Å². The molecule has 0 bridgehead atoms. The molecule has 0 aliphatic heterocycles. The minimum absolute atomic E-state index is 0.0812. The van der Waals surface area contributed by atoms with E-state index in [-0.39, 0.29) is 31.1 Å². The summed E-state index contributed by atoms with van der Waals surface area (Å²) in [5, 5.41) is 0. The van der Waals surface area contributed by atoms with Gasteiger partial charge >= 0.3 is 17.9 Å².